The topological polar surface area (TPSA) is 77.2 Å². The second-order valence-electron chi connectivity index (χ2n) is 6.88. The highest BCUT2D eigenvalue weighted by atomic mass is 32.1. The first-order valence-corrected chi connectivity index (χ1v) is 10.3. The van der Waals surface area contributed by atoms with Gasteiger partial charge in [-0.1, -0.05) is 30.3 Å². The van der Waals surface area contributed by atoms with Crippen molar-refractivity contribution in [1.82, 2.24) is 14.8 Å². The van der Waals surface area contributed by atoms with E-state index in [-0.39, 0.29) is 30.0 Å². The zero-order valence-corrected chi connectivity index (χ0v) is 17.2. The fraction of sp³-hybridized carbons (Fsp3) is 0.136. The molecular formula is C22H16F3N3O3S. The van der Waals surface area contributed by atoms with Crippen LogP contribution in [0.4, 0.5) is 13.2 Å². The molecule has 0 atom stereocenters. The molecule has 0 saturated carbocycles. The maximum atomic E-state index is 13.5. The van der Waals surface area contributed by atoms with Crippen LogP contribution in [0.1, 0.15) is 26.5 Å². The van der Waals surface area contributed by atoms with Gasteiger partial charge in [-0.15, -0.1) is 11.3 Å². The third-order valence-electron chi connectivity index (χ3n) is 4.51. The van der Waals surface area contributed by atoms with E-state index in [1.807, 2.05) is 30.3 Å². The van der Waals surface area contributed by atoms with Crippen molar-refractivity contribution in [2.24, 2.45) is 0 Å². The van der Waals surface area contributed by atoms with E-state index in [0.717, 1.165) is 17.7 Å². The van der Waals surface area contributed by atoms with Crippen molar-refractivity contribution < 1.29 is 27.8 Å². The highest BCUT2D eigenvalue weighted by Gasteiger charge is 2.31. The average molecular weight is 459 g/mol. The van der Waals surface area contributed by atoms with Gasteiger partial charge in [0.25, 0.3) is 0 Å². The summed E-state index contributed by atoms with van der Waals surface area (Å²) in [5, 5.41) is 15.2. The van der Waals surface area contributed by atoms with Crippen molar-refractivity contribution >= 4 is 17.3 Å². The Labute approximate surface area is 184 Å². The number of carbonyl (C=O) groups is 1. The summed E-state index contributed by atoms with van der Waals surface area (Å²) in [7, 11) is 0. The van der Waals surface area contributed by atoms with Crippen molar-refractivity contribution in [3.05, 3.63) is 88.0 Å². The standard InChI is InChI=1S/C22H16F3N3O3S/c23-22(24,25)17-6-15(7-18(8-17)31-12-14-4-2-1-3-5-14)19-13-32-20(27-19)11-28-10-16(9-26-28)21(29)30/h1-10,13H,11-12H2,(H,29,30). The molecule has 4 aromatic rings. The van der Waals surface area contributed by atoms with E-state index in [4.69, 9.17) is 9.84 Å². The van der Waals surface area contributed by atoms with Gasteiger partial charge in [-0.05, 0) is 23.8 Å². The molecular weight excluding hydrogens is 443 g/mol. The number of nitrogens with zero attached hydrogens (tertiary/aromatic N) is 3. The summed E-state index contributed by atoms with van der Waals surface area (Å²) in [5.41, 5.74) is 0.691. The summed E-state index contributed by atoms with van der Waals surface area (Å²) < 4.78 is 47.4. The average Bonchev–Trinajstić information content (AvgIpc) is 3.42. The molecule has 1 N–H and O–H groups in total. The number of ether oxygens (including phenoxy) is 1. The lowest BCUT2D eigenvalue weighted by Gasteiger charge is -2.13. The number of halogens is 3. The number of aromatic carboxylic acids is 1. The Kier molecular flexibility index (Phi) is 5.95. The summed E-state index contributed by atoms with van der Waals surface area (Å²) in [4.78, 5) is 15.4. The number of thiazole rings is 1. The van der Waals surface area contributed by atoms with Crippen LogP contribution in [0.2, 0.25) is 0 Å². The van der Waals surface area contributed by atoms with Crippen LogP contribution in [0.5, 0.6) is 5.75 Å². The van der Waals surface area contributed by atoms with Gasteiger partial charge in [0.15, 0.2) is 0 Å². The van der Waals surface area contributed by atoms with Crippen LogP contribution in [0.3, 0.4) is 0 Å². The highest BCUT2D eigenvalue weighted by molar-refractivity contribution is 7.09. The second kappa shape index (κ2) is 8.83. The number of alkyl halides is 3. The second-order valence-corrected chi connectivity index (χ2v) is 7.82. The Morgan fingerprint density at radius 2 is 1.94 bits per heavy atom. The molecule has 2 aromatic heterocycles. The van der Waals surface area contributed by atoms with Gasteiger partial charge in [0, 0.05) is 17.1 Å². The molecule has 2 aromatic carbocycles. The molecule has 0 amide bonds. The number of aromatic nitrogens is 3. The molecule has 0 spiro atoms. The number of hydrogen-bond acceptors (Lipinski definition) is 5. The Morgan fingerprint density at radius 1 is 1.16 bits per heavy atom. The molecule has 0 aliphatic rings. The molecule has 6 nitrogen and oxygen atoms in total. The minimum atomic E-state index is -4.54. The Morgan fingerprint density at radius 3 is 2.62 bits per heavy atom. The molecule has 32 heavy (non-hydrogen) atoms. The first-order chi connectivity index (χ1) is 15.3. The van der Waals surface area contributed by atoms with Crippen LogP contribution >= 0.6 is 11.3 Å². The van der Waals surface area contributed by atoms with Crippen LogP contribution in [0, 0.1) is 0 Å². The van der Waals surface area contributed by atoms with E-state index >= 15 is 0 Å². The fourth-order valence-corrected chi connectivity index (χ4v) is 3.74. The molecule has 10 heteroatoms. The first-order valence-electron chi connectivity index (χ1n) is 9.37. The molecule has 0 radical (unpaired) electrons. The zero-order valence-electron chi connectivity index (χ0n) is 16.4. The number of rotatable bonds is 7. The van der Waals surface area contributed by atoms with Crippen molar-refractivity contribution in [1.29, 1.82) is 0 Å². The molecule has 0 aliphatic heterocycles. The van der Waals surface area contributed by atoms with Crippen molar-refractivity contribution in [2.45, 2.75) is 19.3 Å². The van der Waals surface area contributed by atoms with Gasteiger partial charge < -0.3 is 9.84 Å². The van der Waals surface area contributed by atoms with Gasteiger partial charge in [0.2, 0.25) is 0 Å². The molecule has 0 bridgehead atoms. The lowest BCUT2D eigenvalue weighted by atomic mass is 10.1. The van der Waals surface area contributed by atoms with E-state index in [2.05, 4.69) is 10.1 Å². The Bertz CT molecular complexity index is 1240. The Hall–Kier alpha value is -3.66. The van der Waals surface area contributed by atoms with Crippen LogP contribution < -0.4 is 4.74 Å². The molecule has 2 heterocycles. The number of carboxylic acids is 1. The fourth-order valence-electron chi connectivity index (χ4n) is 2.95. The predicted octanol–water partition coefficient (Wildman–Crippen LogP) is 5.35. The van der Waals surface area contributed by atoms with Crippen LogP contribution in [-0.2, 0) is 19.3 Å². The van der Waals surface area contributed by atoms with E-state index in [1.165, 1.54) is 34.5 Å². The highest BCUT2D eigenvalue weighted by Crippen LogP contribution is 2.36. The number of carboxylic acid groups (broad SMARTS) is 1. The van der Waals surface area contributed by atoms with Gasteiger partial charge in [-0.3, -0.25) is 4.68 Å². The largest absolute Gasteiger partial charge is 0.489 e. The summed E-state index contributed by atoms with van der Waals surface area (Å²) in [6.45, 7) is 0.337. The molecule has 0 fully saturated rings. The van der Waals surface area contributed by atoms with E-state index in [0.29, 0.717) is 10.7 Å². The summed E-state index contributed by atoms with van der Waals surface area (Å²) in [6, 6.07) is 12.7. The van der Waals surface area contributed by atoms with Gasteiger partial charge in [-0.2, -0.15) is 18.3 Å². The smallest absolute Gasteiger partial charge is 0.416 e. The normalized spacial score (nSPS) is 11.5. The predicted molar refractivity (Wildman–Crippen MR) is 112 cm³/mol. The van der Waals surface area contributed by atoms with Crippen molar-refractivity contribution in [3.63, 3.8) is 0 Å². The maximum absolute atomic E-state index is 13.5. The van der Waals surface area contributed by atoms with Gasteiger partial charge in [-0.25, -0.2) is 9.78 Å². The minimum absolute atomic E-state index is 0.0415. The first kappa shape index (κ1) is 21.6. The lowest BCUT2D eigenvalue weighted by Crippen LogP contribution is -2.06. The maximum Gasteiger partial charge on any atom is 0.416 e. The van der Waals surface area contributed by atoms with Crippen molar-refractivity contribution in [2.75, 3.05) is 0 Å². The molecule has 164 valence electrons. The molecule has 0 unspecified atom stereocenters. The number of benzene rings is 2. The molecule has 0 saturated heterocycles. The third-order valence-corrected chi connectivity index (χ3v) is 5.34. The van der Waals surface area contributed by atoms with Crippen LogP contribution in [0.25, 0.3) is 11.3 Å². The monoisotopic (exact) mass is 459 g/mol. The number of hydrogen-bond donors (Lipinski definition) is 1. The van der Waals surface area contributed by atoms with E-state index in [9.17, 15) is 18.0 Å². The SMILES string of the molecule is O=C(O)c1cnn(Cc2nc(-c3cc(OCc4ccccc4)cc(C(F)(F)F)c3)cs2)c1. The summed E-state index contributed by atoms with van der Waals surface area (Å²) in [5.74, 6) is -1.01. The van der Waals surface area contributed by atoms with Gasteiger partial charge >= 0.3 is 12.1 Å². The quantitative estimate of drug-likeness (QED) is 0.403. The van der Waals surface area contributed by atoms with E-state index < -0.39 is 17.7 Å². The Balaban J connectivity index is 1.58. The lowest BCUT2D eigenvalue weighted by molar-refractivity contribution is -0.137. The molecule has 4 rings (SSSR count). The van der Waals surface area contributed by atoms with Crippen LogP contribution in [-0.4, -0.2) is 25.8 Å². The minimum Gasteiger partial charge on any atom is -0.489 e. The van der Waals surface area contributed by atoms with E-state index in [1.54, 1.807) is 5.38 Å². The van der Waals surface area contributed by atoms with Gasteiger partial charge in [0.1, 0.15) is 17.4 Å². The van der Waals surface area contributed by atoms with Gasteiger partial charge in [0.05, 0.1) is 29.6 Å². The molecule has 0 aliphatic carbocycles. The van der Waals surface area contributed by atoms with Crippen molar-refractivity contribution in [3.8, 4) is 17.0 Å². The zero-order chi connectivity index (χ0) is 22.7. The summed E-state index contributed by atoms with van der Waals surface area (Å²) >= 11 is 1.24. The van der Waals surface area contributed by atoms with Crippen LogP contribution in [0.15, 0.2) is 66.3 Å². The third kappa shape index (κ3) is 5.14. The summed E-state index contributed by atoms with van der Waals surface area (Å²) in [6.07, 6.45) is -1.95.